The Kier molecular flexibility index (Phi) is 7.43. The summed E-state index contributed by atoms with van der Waals surface area (Å²) in [6.07, 6.45) is 2.55. The molecule has 2 aliphatic rings. The van der Waals surface area contributed by atoms with Crippen LogP contribution >= 0.6 is 0 Å². The first-order valence-corrected chi connectivity index (χ1v) is 12.8. The Labute approximate surface area is 217 Å². The van der Waals surface area contributed by atoms with E-state index in [2.05, 4.69) is 39.5 Å². The third-order valence-corrected chi connectivity index (χ3v) is 6.68. The van der Waals surface area contributed by atoms with E-state index in [1.807, 2.05) is 67.6 Å². The van der Waals surface area contributed by atoms with Gasteiger partial charge >= 0.3 is 0 Å². The molecule has 0 spiro atoms. The first kappa shape index (κ1) is 24.5. The van der Waals surface area contributed by atoms with Crippen LogP contribution in [0.4, 0.5) is 11.4 Å². The Hall–Kier alpha value is -4.21. The third kappa shape index (κ3) is 5.79. The van der Waals surface area contributed by atoms with Crippen molar-refractivity contribution in [3.05, 3.63) is 95.1 Å². The molecule has 1 fully saturated rings. The number of nitrogens with zero attached hydrogens (tertiary/aromatic N) is 2. The molecule has 6 heteroatoms. The minimum absolute atomic E-state index is 0.128. The molecule has 0 aromatic heterocycles. The number of benzene rings is 3. The van der Waals surface area contributed by atoms with Crippen molar-refractivity contribution in [2.75, 3.05) is 25.0 Å². The zero-order valence-corrected chi connectivity index (χ0v) is 21.0. The number of nitrogens with one attached hydrogen (secondary N) is 2. The van der Waals surface area contributed by atoms with E-state index in [1.165, 1.54) is 18.4 Å². The zero-order valence-electron chi connectivity index (χ0n) is 21.0. The van der Waals surface area contributed by atoms with Crippen molar-refractivity contribution >= 4 is 28.9 Å². The van der Waals surface area contributed by atoms with Crippen molar-refractivity contribution in [3.63, 3.8) is 0 Å². The van der Waals surface area contributed by atoms with Crippen LogP contribution in [0.5, 0.6) is 0 Å². The fraction of sp³-hybridized carbons (Fsp3) is 0.258. The van der Waals surface area contributed by atoms with E-state index in [0.717, 1.165) is 36.4 Å². The summed E-state index contributed by atoms with van der Waals surface area (Å²) >= 11 is 0. The maximum absolute atomic E-state index is 13.2. The van der Waals surface area contributed by atoms with Gasteiger partial charge in [0.25, 0.3) is 5.91 Å². The molecule has 0 saturated carbocycles. The Balaban J connectivity index is 1.46. The van der Waals surface area contributed by atoms with Crippen molar-refractivity contribution in [2.45, 2.75) is 32.2 Å². The average molecular weight is 491 g/mol. The summed E-state index contributed by atoms with van der Waals surface area (Å²) in [5.74, 6) is 4.45. The molecule has 5 rings (SSSR count). The Morgan fingerprint density at radius 3 is 2.54 bits per heavy atom. The SMILES string of the molecule is CCNC(=O)C#Cc1ccc2c(c1)NC(=O)C2C(=Nc1ccc(CN2CCCC2)cc1)c1ccccc1. The Bertz CT molecular complexity index is 1380. The van der Waals surface area contributed by atoms with Crippen LogP contribution in [0.15, 0.2) is 77.8 Å². The highest BCUT2D eigenvalue weighted by molar-refractivity contribution is 6.24. The first-order chi connectivity index (χ1) is 18.1. The number of hydrogen-bond donors (Lipinski definition) is 2. The van der Waals surface area contributed by atoms with Crippen molar-refractivity contribution in [2.24, 2.45) is 4.99 Å². The molecule has 2 amide bonds. The van der Waals surface area contributed by atoms with Crippen molar-refractivity contribution in [1.82, 2.24) is 10.2 Å². The standard InChI is InChI=1S/C31H30N4O2/c1-2-32-28(36)17-13-22-12-16-26-27(20-22)34-31(37)29(26)30(24-8-4-3-5-9-24)33-25-14-10-23(11-15-25)21-35-18-6-7-19-35/h3-5,8-12,14-16,20,29H,2,6-7,18-19,21H2,1H3,(H,32,36)(H,34,37). The summed E-state index contributed by atoms with van der Waals surface area (Å²) in [6.45, 7) is 5.65. The predicted octanol–water partition coefficient (Wildman–Crippen LogP) is 4.63. The van der Waals surface area contributed by atoms with Gasteiger partial charge in [0.1, 0.15) is 5.92 Å². The van der Waals surface area contributed by atoms with Crippen molar-refractivity contribution < 1.29 is 9.59 Å². The van der Waals surface area contributed by atoms with E-state index in [4.69, 9.17) is 4.99 Å². The van der Waals surface area contributed by atoms with Crippen molar-refractivity contribution in [3.8, 4) is 11.8 Å². The largest absolute Gasteiger partial charge is 0.346 e. The second-order valence-electron chi connectivity index (χ2n) is 9.35. The van der Waals surface area contributed by atoms with Gasteiger partial charge in [0, 0.05) is 30.3 Å². The second-order valence-corrected chi connectivity index (χ2v) is 9.35. The van der Waals surface area contributed by atoms with Crippen LogP contribution in [0.25, 0.3) is 0 Å². The summed E-state index contributed by atoms with van der Waals surface area (Å²) in [7, 11) is 0. The van der Waals surface area contributed by atoms with Gasteiger partial charge in [-0.1, -0.05) is 54.5 Å². The van der Waals surface area contributed by atoms with Crippen LogP contribution in [0.3, 0.4) is 0 Å². The molecule has 1 atom stereocenters. The molecule has 2 heterocycles. The number of carbonyl (C=O) groups is 2. The van der Waals surface area contributed by atoms with Gasteiger partial charge in [0.2, 0.25) is 5.91 Å². The molecule has 1 unspecified atom stereocenters. The molecule has 3 aromatic carbocycles. The van der Waals surface area contributed by atoms with E-state index in [9.17, 15) is 9.59 Å². The number of aliphatic imine (C=N–C) groups is 1. The maximum atomic E-state index is 13.2. The molecule has 3 aromatic rings. The number of fused-ring (bicyclic) bond motifs is 1. The summed E-state index contributed by atoms with van der Waals surface area (Å²) in [5.41, 5.74) is 5.89. The van der Waals surface area contributed by atoms with Crippen LogP contribution in [0.2, 0.25) is 0 Å². The van der Waals surface area contributed by atoms with E-state index in [-0.39, 0.29) is 11.8 Å². The number of anilines is 1. The summed E-state index contributed by atoms with van der Waals surface area (Å²) in [5, 5.41) is 5.65. The van der Waals surface area contributed by atoms with Crippen LogP contribution in [-0.2, 0) is 16.1 Å². The molecule has 0 radical (unpaired) electrons. The fourth-order valence-electron chi connectivity index (χ4n) is 4.86. The highest BCUT2D eigenvalue weighted by Crippen LogP contribution is 2.37. The minimum atomic E-state index is -0.549. The number of amides is 2. The van der Waals surface area contributed by atoms with Crippen molar-refractivity contribution in [1.29, 1.82) is 0 Å². The lowest BCUT2D eigenvalue weighted by atomic mass is 9.90. The normalized spacial score (nSPS) is 17.1. The molecule has 2 N–H and O–H groups in total. The topological polar surface area (TPSA) is 73.8 Å². The van der Waals surface area contributed by atoms with Gasteiger partial charge in [0.05, 0.1) is 11.4 Å². The summed E-state index contributed by atoms with van der Waals surface area (Å²) < 4.78 is 0. The summed E-state index contributed by atoms with van der Waals surface area (Å²) in [4.78, 5) is 32.4. The highest BCUT2D eigenvalue weighted by Gasteiger charge is 2.35. The Morgan fingerprint density at radius 2 is 1.81 bits per heavy atom. The van der Waals surface area contributed by atoms with Gasteiger partial charge in [-0.3, -0.25) is 19.5 Å². The lowest BCUT2D eigenvalue weighted by Crippen LogP contribution is -2.22. The quantitative estimate of drug-likeness (QED) is 0.391. The number of likely N-dealkylation sites (tertiary alicyclic amines) is 1. The smallest absolute Gasteiger partial charge is 0.296 e. The molecule has 6 nitrogen and oxygen atoms in total. The van der Waals surface area contributed by atoms with Gasteiger partial charge in [-0.2, -0.15) is 0 Å². The van der Waals surface area contributed by atoms with Gasteiger partial charge in [0.15, 0.2) is 0 Å². The second kappa shape index (κ2) is 11.2. The van der Waals surface area contributed by atoms with Crippen LogP contribution in [0, 0.1) is 11.8 Å². The number of hydrogen-bond acceptors (Lipinski definition) is 4. The molecule has 37 heavy (non-hydrogen) atoms. The van der Waals surface area contributed by atoms with Crippen LogP contribution in [0.1, 0.15) is 47.9 Å². The predicted molar refractivity (Wildman–Crippen MR) is 147 cm³/mol. The minimum Gasteiger partial charge on any atom is -0.346 e. The van der Waals surface area contributed by atoms with E-state index in [1.54, 1.807) is 0 Å². The number of rotatable bonds is 6. The van der Waals surface area contributed by atoms with E-state index in [0.29, 0.717) is 23.5 Å². The highest BCUT2D eigenvalue weighted by atomic mass is 16.2. The van der Waals surface area contributed by atoms with Gasteiger partial charge in [-0.05, 0) is 73.8 Å². The molecule has 1 saturated heterocycles. The van der Waals surface area contributed by atoms with E-state index >= 15 is 0 Å². The maximum Gasteiger partial charge on any atom is 0.296 e. The lowest BCUT2D eigenvalue weighted by molar-refractivity contribution is -0.116. The third-order valence-electron chi connectivity index (χ3n) is 6.68. The zero-order chi connectivity index (χ0) is 25.6. The molecular weight excluding hydrogens is 460 g/mol. The molecular formula is C31H30N4O2. The van der Waals surface area contributed by atoms with Crippen LogP contribution in [-0.4, -0.2) is 42.1 Å². The van der Waals surface area contributed by atoms with E-state index < -0.39 is 5.92 Å². The first-order valence-electron chi connectivity index (χ1n) is 12.8. The molecule has 0 bridgehead atoms. The molecule has 2 aliphatic heterocycles. The molecule has 0 aliphatic carbocycles. The average Bonchev–Trinajstić information content (AvgIpc) is 3.54. The van der Waals surface area contributed by atoms with Gasteiger partial charge in [-0.15, -0.1) is 0 Å². The number of carbonyl (C=O) groups excluding carboxylic acids is 2. The lowest BCUT2D eigenvalue weighted by Gasteiger charge is -2.15. The van der Waals surface area contributed by atoms with Crippen LogP contribution < -0.4 is 10.6 Å². The Morgan fingerprint density at radius 1 is 1.05 bits per heavy atom. The summed E-state index contributed by atoms with van der Waals surface area (Å²) in [6, 6.07) is 23.7. The monoisotopic (exact) mass is 490 g/mol. The van der Waals surface area contributed by atoms with Gasteiger partial charge in [-0.25, -0.2) is 0 Å². The fourth-order valence-corrected chi connectivity index (χ4v) is 4.86. The van der Waals surface area contributed by atoms with Gasteiger partial charge < -0.3 is 10.6 Å². The molecule has 186 valence electrons.